The molecule has 2 amide bonds. The van der Waals surface area contributed by atoms with Gasteiger partial charge in [-0.1, -0.05) is 0 Å². The minimum absolute atomic E-state index is 0.330. The summed E-state index contributed by atoms with van der Waals surface area (Å²) < 4.78 is 10.5. The predicted molar refractivity (Wildman–Crippen MR) is 113 cm³/mol. The smallest absolute Gasteiger partial charge is 0.323 e. The summed E-state index contributed by atoms with van der Waals surface area (Å²) in [5.41, 5.74) is 2.16. The summed E-state index contributed by atoms with van der Waals surface area (Å²) in [5, 5.41) is 8.76. The van der Waals surface area contributed by atoms with Gasteiger partial charge in [-0.25, -0.2) is 9.78 Å². The Morgan fingerprint density at radius 2 is 1.52 bits per heavy atom. The van der Waals surface area contributed by atoms with E-state index in [1.807, 2.05) is 26.0 Å². The molecule has 3 N–H and O–H groups in total. The lowest BCUT2D eigenvalue weighted by molar-refractivity contribution is 0.262. The summed E-state index contributed by atoms with van der Waals surface area (Å²) in [6.07, 6.45) is 0. The van der Waals surface area contributed by atoms with Gasteiger partial charge < -0.3 is 25.4 Å². The Hall–Kier alpha value is -3.81. The van der Waals surface area contributed by atoms with Crippen LogP contribution < -0.4 is 25.4 Å². The molecule has 0 atom stereocenters. The fraction of sp³-hybridized carbons (Fsp3) is 0.190. The van der Waals surface area contributed by atoms with Crippen LogP contribution in [-0.2, 0) is 0 Å². The molecule has 0 aliphatic heterocycles. The number of hydrogen-bond donors (Lipinski definition) is 3. The van der Waals surface area contributed by atoms with Crippen LogP contribution in [0.5, 0.6) is 11.6 Å². The van der Waals surface area contributed by atoms with Crippen molar-refractivity contribution < 1.29 is 14.3 Å². The number of amides is 2. The highest BCUT2D eigenvalue weighted by Crippen LogP contribution is 2.21. The van der Waals surface area contributed by atoms with Crippen molar-refractivity contribution >= 4 is 28.9 Å². The first-order chi connectivity index (χ1) is 14.1. The standard InChI is InChI=1S/C21H23N5O3/c1-4-29-20-13-19(22-14(2)23-20)24-15-5-7-16(8-6-15)25-21(27)26-17-9-11-18(28-3)12-10-17/h5-13H,4H2,1-3H3,(H,22,23,24)(H2,25,26,27). The maximum atomic E-state index is 12.1. The van der Waals surface area contributed by atoms with Crippen LogP contribution in [-0.4, -0.2) is 29.7 Å². The van der Waals surface area contributed by atoms with Crippen molar-refractivity contribution in [2.24, 2.45) is 0 Å². The number of urea groups is 1. The highest BCUT2D eigenvalue weighted by Gasteiger charge is 2.05. The molecule has 1 aromatic heterocycles. The van der Waals surface area contributed by atoms with E-state index >= 15 is 0 Å². The zero-order chi connectivity index (χ0) is 20.6. The molecule has 0 bridgehead atoms. The van der Waals surface area contributed by atoms with E-state index in [4.69, 9.17) is 9.47 Å². The first kappa shape index (κ1) is 19.9. The normalized spacial score (nSPS) is 10.2. The monoisotopic (exact) mass is 393 g/mol. The number of aryl methyl sites for hydroxylation is 1. The molecule has 3 aromatic rings. The van der Waals surface area contributed by atoms with Crippen LogP contribution in [0.2, 0.25) is 0 Å². The summed E-state index contributed by atoms with van der Waals surface area (Å²) in [6.45, 7) is 4.25. The third-order valence-electron chi connectivity index (χ3n) is 3.87. The summed E-state index contributed by atoms with van der Waals surface area (Å²) >= 11 is 0. The molecule has 29 heavy (non-hydrogen) atoms. The number of carbonyl (C=O) groups is 1. The van der Waals surface area contributed by atoms with Gasteiger partial charge in [0.15, 0.2) is 0 Å². The second kappa shape index (κ2) is 9.41. The topological polar surface area (TPSA) is 97.4 Å². The molecule has 0 aliphatic carbocycles. The molecular formula is C21H23N5O3. The lowest BCUT2D eigenvalue weighted by Gasteiger charge is -2.11. The highest BCUT2D eigenvalue weighted by atomic mass is 16.5. The Bertz CT molecular complexity index is 959. The molecule has 8 heteroatoms. The molecule has 0 unspecified atom stereocenters. The quantitative estimate of drug-likeness (QED) is 0.544. The number of nitrogens with one attached hydrogen (secondary N) is 3. The second-order valence-electron chi connectivity index (χ2n) is 6.08. The number of ether oxygens (including phenoxy) is 2. The Labute approximate surface area is 169 Å². The summed E-state index contributed by atoms with van der Waals surface area (Å²) in [4.78, 5) is 20.7. The SMILES string of the molecule is CCOc1cc(Nc2ccc(NC(=O)Nc3ccc(OC)cc3)cc2)nc(C)n1. The molecule has 150 valence electrons. The van der Waals surface area contributed by atoms with Gasteiger partial charge in [-0.3, -0.25) is 0 Å². The predicted octanol–water partition coefficient (Wildman–Crippen LogP) is 4.58. The summed E-state index contributed by atoms with van der Waals surface area (Å²) in [5.74, 6) is 2.51. The largest absolute Gasteiger partial charge is 0.497 e. The fourth-order valence-electron chi connectivity index (χ4n) is 2.58. The Balaban J connectivity index is 1.59. The fourth-order valence-corrected chi connectivity index (χ4v) is 2.58. The van der Waals surface area contributed by atoms with Gasteiger partial charge in [0, 0.05) is 23.1 Å². The van der Waals surface area contributed by atoms with Crippen molar-refractivity contribution in [2.75, 3.05) is 29.7 Å². The molecule has 8 nitrogen and oxygen atoms in total. The minimum Gasteiger partial charge on any atom is -0.497 e. The molecule has 0 aliphatic rings. The third kappa shape index (κ3) is 5.83. The molecule has 1 heterocycles. The van der Waals surface area contributed by atoms with E-state index in [9.17, 15) is 4.79 Å². The minimum atomic E-state index is -0.330. The van der Waals surface area contributed by atoms with Crippen molar-refractivity contribution in [1.29, 1.82) is 0 Å². The van der Waals surface area contributed by atoms with E-state index in [-0.39, 0.29) is 6.03 Å². The van der Waals surface area contributed by atoms with Gasteiger partial charge in [-0.15, -0.1) is 0 Å². The van der Waals surface area contributed by atoms with Gasteiger partial charge >= 0.3 is 6.03 Å². The summed E-state index contributed by atoms with van der Waals surface area (Å²) in [6, 6.07) is 15.8. The van der Waals surface area contributed by atoms with Crippen molar-refractivity contribution in [1.82, 2.24) is 9.97 Å². The van der Waals surface area contributed by atoms with Crippen molar-refractivity contribution in [3.63, 3.8) is 0 Å². The molecule has 0 saturated carbocycles. The molecule has 3 rings (SSSR count). The van der Waals surface area contributed by atoms with Crippen LogP contribution in [0.4, 0.5) is 27.7 Å². The van der Waals surface area contributed by atoms with Crippen molar-refractivity contribution in [2.45, 2.75) is 13.8 Å². The van der Waals surface area contributed by atoms with Crippen LogP contribution in [0.15, 0.2) is 54.6 Å². The maximum absolute atomic E-state index is 12.1. The first-order valence-corrected chi connectivity index (χ1v) is 9.13. The lowest BCUT2D eigenvalue weighted by atomic mass is 10.2. The third-order valence-corrected chi connectivity index (χ3v) is 3.87. The zero-order valence-electron chi connectivity index (χ0n) is 16.5. The van der Waals surface area contributed by atoms with E-state index in [1.54, 1.807) is 49.6 Å². The van der Waals surface area contributed by atoms with Gasteiger partial charge in [0.2, 0.25) is 5.88 Å². The molecule has 0 radical (unpaired) electrons. The van der Waals surface area contributed by atoms with Crippen LogP contribution >= 0.6 is 0 Å². The van der Waals surface area contributed by atoms with Gasteiger partial charge in [-0.05, 0) is 62.4 Å². The second-order valence-corrected chi connectivity index (χ2v) is 6.08. The number of anilines is 4. The summed E-state index contributed by atoms with van der Waals surface area (Å²) in [7, 11) is 1.59. The Morgan fingerprint density at radius 3 is 2.10 bits per heavy atom. The van der Waals surface area contributed by atoms with E-state index in [0.717, 1.165) is 11.4 Å². The van der Waals surface area contributed by atoms with E-state index in [2.05, 4.69) is 25.9 Å². The first-order valence-electron chi connectivity index (χ1n) is 9.13. The van der Waals surface area contributed by atoms with Crippen LogP contribution in [0.1, 0.15) is 12.7 Å². The van der Waals surface area contributed by atoms with Gasteiger partial charge in [0.05, 0.1) is 13.7 Å². The lowest BCUT2D eigenvalue weighted by Crippen LogP contribution is -2.19. The Kier molecular flexibility index (Phi) is 6.47. The van der Waals surface area contributed by atoms with Gasteiger partial charge in [0.1, 0.15) is 17.4 Å². The Morgan fingerprint density at radius 1 is 0.931 bits per heavy atom. The van der Waals surface area contributed by atoms with Gasteiger partial charge in [-0.2, -0.15) is 4.98 Å². The van der Waals surface area contributed by atoms with E-state index < -0.39 is 0 Å². The van der Waals surface area contributed by atoms with Crippen LogP contribution in [0, 0.1) is 6.92 Å². The van der Waals surface area contributed by atoms with Crippen LogP contribution in [0.25, 0.3) is 0 Å². The van der Waals surface area contributed by atoms with Gasteiger partial charge in [0.25, 0.3) is 0 Å². The number of hydrogen-bond acceptors (Lipinski definition) is 6. The molecular weight excluding hydrogens is 370 g/mol. The number of methoxy groups -OCH3 is 1. The zero-order valence-corrected chi connectivity index (χ0v) is 16.5. The maximum Gasteiger partial charge on any atom is 0.323 e. The number of rotatable bonds is 7. The average Bonchev–Trinajstić information content (AvgIpc) is 2.70. The number of carbonyl (C=O) groups excluding carboxylic acids is 1. The number of aromatic nitrogens is 2. The van der Waals surface area contributed by atoms with E-state index in [0.29, 0.717) is 35.5 Å². The molecule has 0 fully saturated rings. The average molecular weight is 393 g/mol. The van der Waals surface area contributed by atoms with Crippen molar-refractivity contribution in [3.05, 3.63) is 60.4 Å². The molecule has 2 aromatic carbocycles. The highest BCUT2D eigenvalue weighted by molar-refractivity contribution is 5.99. The number of benzene rings is 2. The molecule has 0 saturated heterocycles. The molecule has 0 spiro atoms. The van der Waals surface area contributed by atoms with Crippen LogP contribution in [0.3, 0.4) is 0 Å². The van der Waals surface area contributed by atoms with E-state index in [1.165, 1.54) is 0 Å². The number of nitrogens with zero attached hydrogens (tertiary/aromatic N) is 2. The van der Waals surface area contributed by atoms with Crippen molar-refractivity contribution in [3.8, 4) is 11.6 Å².